The summed E-state index contributed by atoms with van der Waals surface area (Å²) in [5.74, 6) is 1.96. The molecule has 2 heterocycles. The maximum Gasteiger partial charge on any atom is 0.289 e. The van der Waals surface area contributed by atoms with Crippen molar-refractivity contribution in [3.8, 4) is 0 Å². The van der Waals surface area contributed by atoms with Gasteiger partial charge in [0, 0.05) is 12.6 Å². The number of amides is 1. The minimum atomic E-state index is 0.0644. The van der Waals surface area contributed by atoms with E-state index in [0.29, 0.717) is 22.4 Å². The van der Waals surface area contributed by atoms with E-state index in [9.17, 15) is 4.79 Å². The maximum atomic E-state index is 12.6. The van der Waals surface area contributed by atoms with E-state index in [1.807, 2.05) is 0 Å². The van der Waals surface area contributed by atoms with Crippen LogP contribution < -0.4 is 0 Å². The highest BCUT2D eigenvalue weighted by Crippen LogP contribution is 2.39. The molecule has 0 N–H and O–H groups in total. The average Bonchev–Trinajstić information content (AvgIpc) is 2.86. The van der Waals surface area contributed by atoms with Crippen LogP contribution in [0.25, 0.3) is 0 Å². The minimum Gasteiger partial charge on any atom is -0.444 e. The number of hydrogen-bond acceptors (Lipinski definition) is 2. The number of carbonyl (C=O) groups excluding carboxylic acids is 1. The van der Waals surface area contributed by atoms with Gasteiger partial charge in [0.05, 0.1) is 0 Å². The molecule has 1 aliphatic heterocycles. The van der Waals surface area contributed by atoms with Gasteiger partial charge in [0.15, 0.2) is 10.4 Å². The second-order valence-electron chi connectivity index (χ2n) is 5.88. The first-order valence-corrected chi connectivity index (χ1v) is 8.02. The first-order valence-electron chi connectivity index (χ1n) is 7.23. The fraction of sp³-hybridized carbons (Fsp3) is 0.667. The van der Waals surface area contributed by atoms with Gasteiger partial charge in [0.1, 0.15) is 0 Å². The third-order valence-electron chi connectivity index (χ3n) is 4.78. The molecule has 2 aliphatic rings. The highest BCUT2D eigenvalue weighted by Gasteiger charge is 2.40. The molecule has 1 aromatic heterocycles. The Hall–Kier alpha value is -0.770. The molecular formula is C15H20BrNO2. The van der Waals surface area contributed by atoms with Crippen LogP contribution in [0.15, 0.2) is 21.2 Å². The lowest BCUT2D eigenvalue weighted by Crippen LogP contribution is -2.52. The number of likely N-dealkylation sites (tertiary alicyclic amines) is 1. The van der Waals surface area contributed by atoms with E-state index >= 15 is 0 Å². The monoisotopic (exact) mass is 325 g/mol. The molecular weight excluding hydrogens is 306 g/mol. The fourth-order valence-electron chi connectivity index (χ4n) is 3.74. The van der Waals surface area contributed by atoms with Crippen LogP contribution in [0.2, 0.25) is 0 Å². The normalized spacial score (nSPS) is 31.1. The maximum absolute atomic E-state index is 12.6. The van der Waals surface area contributed by atoms with Gasteiger partial charge in [0.2, 0.25) is 0 Å². The summed E-state index contributed by atoms with van der Waals surface area (Å²) in [5, 5.41) is 0. The topological polar surface area (TPSA) is 33.5 Å². The number of fused-ring (bicyclic) bond motifs is 1. The van der Waals surface area contributed by atoms with E-state index in [1.54, 1.807) is 12.1 Å². The van der Waals surface area contributed by atoms with Crippen LogP contribution in [0, 0.1) is 11.8 Å². The standard InChI is InChI=1S/C15H20BrNO2/c1-10-8-9-17(12-5-3-2-4-11(10)12)15(18)13-6-7-14(16)19-13/h6-7,10-12H,2-5,8-9H2,1H3. The predicted molar refractivity (Wildman–Crippen MR) is 77.0 cm³/mol. The number of hydrogen-bond donors (Lipinski definition) is 0. The van der Waals surface area contributed by atoms with E-state index in [1.165, 1.54) is 19.3 Å². The zero-order valence-corrected chi connectivity index (χ0v) is 12.9. The third kappa shape index (κ3) is 2.47. The van der Waals surface area contributed by atoms with Crippen molar-refractivity contribution in [2.75, 3.05) is 6.54 Å². The van der Waals surface area contributed by atoms with Crippen molar-refractivity contribution < 1.29 is 9.21 Å². The van der Waals surface area contributed by atoms with Crippen LogP contribution in [-0.2, 0) is 0 Å². The van der Waals surface area contributed by atoms with Gasteiger partial charge in [-0.2, -0.15) is 0 Å². The SMILES string of the molecule is CC1CCN(C(=O)c2ccc(Br)o2)C2CCCCC12. The van der Waals surface area contributed by atoms with Crippen molar-refractivity contribution in [1.82, 2.24) is 4.90 Å². The molecule has 0 aromatic carbocycles. The summed E-state index contributed by atoms with van der Waals surface area (Å²) in [5.41, 5.74) is 0. The van der Waals surface area contributed by atoms with Crippen molar-refractivity contribution in [1.29, 1.82) is 0 Å². The van der Waals surface area contributed by atoms with Crippen LogP contribution >= 0.6 is 15.9 Å². The summed E-state index contributed by atoms with van der Waals surface area (Å²) in [6.45, 7) is 3.22. The Morgan fingerprint density at radius 1 is 1.32 bits per heavy atom. The van der Waals surface area contributed by atoms with Gasteiger partial charge >= 0.3 is 0 Å². The number of nitrogens with zero attached hydrogens (tertiary/aromatic N) is 1. The summed E-state index contributed by atoms with van der Waals surface area (Å²) >= 11 is 3.27. The Labute approximate surface area is 122 Å². The highest BCUT2D eigenvalue weighted by atomic mass is 79.9. The smallest absolute Gasteiger partial charge is 0.289 e. The number of rotatable bonds is 1. The molecule has 0 spiro atoms. The van der Waals surface area contributed by atoms with Gasteiger partial charge in [-0.15, -0.1) is 0 Å². The summed E-state index contributed by atoms with van der Waals surface area (Å²) in [4.78, 5) is 14.7. The Morgan fingerprint density at radius 3 is 2.84 bits per heavy atom. The van der Waals surface area contributed by atoms with Gasteiger partial charge in [-0.3, -0.25) is 4.79 Å². The molecule has 1 saturated heterocycles. The molecule has 4 heteroatoms. The van der Waals surface area contributed by atoms with Crippen molar-refractivity contribution in [3.63, 3.8) is 0 Å². The van der Waals surface area contributed by atoms with Crippen LogP contribution in [0.3, 0.4) is 0 Å². The molecule has 3 rings (SSSR count). The van der Waals surface area contributed by atoms with Gasteiger partial charge in [-0.25, -0.2) is 0 Å². The lowest BCUT2D eigenvalue weighted by molar-refractivity contribution is 0.0193. The molecule has 1 aromatic rings. The molecule has 3 atom stereocenters. The summed E-state index contributed by atoms with van der Waals surface area (Å²) in [7, 11) is 0. The Morgan fingerprint density at radius 2 is 2.11 bits per heavy atom. The van der Waals surface area contributed by atoms with Crippen molar-refractivity contribution in [3.05, 3.63) is 22.6 Å². The quantitative estimate of drug-likeness (QED) is 0.779. The number of halogens is 1. The molecule has 19 heavy (non-hydrogen) atoms. The number of carbonyl (C=O) groups is 1. The summed E-state index contributed by atoms with van der Waals surface area (Å²) < 4.78 is 6.06. The van der Waals surface area contributed by atoms with Gasteiger partial charge in [-0.1, -0.05) is 19.8 Å². The molecule has 0 bridgehead atoms. The lowest BCUT2D eigenvalue weighted by Gasteiger charge is -2.47. The molecule has 3 unspecified atom stereocenters. The van der Waals surface area contributed by atoms with Crippen molar-refractivity contribution in [2.45, 2.75) is 45.1 Å². The fourth-order valence-corrected chi connectivity index (χ4v) is 4.04. The molecule has 1 aliphatic carbocycles. The Balaban J connectivity index is 1.81. The third-order valence-corrected chi connectivity index (χ3v) is 5.21. The van der Waals surface area contributed by atoms with E-state index in [0.717, 1.165) is 25.3 Å². The molecule has 2 fully saturated rings. The molecule has 104 valence electrons. The first-order chi connectivity index (χ1) is 9.16. The second-order valence-corrected chi connectivity index (χ2v) is 6.67. The van der Waals surface area contributed by atoms with Crippen LogP contribution in [-0.4, -0.2) is 23.4 Å². The number of furan rings is 1. The Bertz CT molecular complexity index is 470. The predicted octanol–water partition coefficient (Wildman–Crippen LogP) is 4.08. The van der Waals surface area contributed by atoms with Gasteiger partial charge < -0.3 is 9.32 Å². The van der Waals surface area contributed by atoms with Crippen molar-refractivity contribution >= 4 is 21.8 Å². The summed E-state index contributed by atoms with van der Waals surface area (Å²) in [6, 6.07) is 3.98. The Kier molecular flexibility index (Phi) is 3.70. The largest absolute Gasteiger partial charge is 0.444 e. The molecule has 1 saturated carbocycles. The van der Waals surface area contributed by atoms with Gasteiger partial charge in [0.25, 0.3) is 5.91 Å². The zero-order chi connectivity index (χ0) is 13.4. The van der Waals surface area contributed by atoms with Crippen LogP contribution in [0.1, 0.15) is 49.6 Å². The molecule has 3 nitrogen and oxygen atoms in total. The minimum absolute atomic E-state index is 0.0644. The summed E-state index contributed by atoms with van der Waals surface area (Å²) in [6.07, 6.45) is 6.12. The van der Waals surface area contributed by atoms with E-state index < -0.39 is 0 Å². The number of piperidine rings is 1. The lowest BCUT2D eigenvalue weighted by atomic mass is 9.72. The average molecular weight is 326 g/mol. The molecule has 0 radical (unpaired) electrons. The first kappa shape index (κ1) is 13.2. The highest BCUT2D eigenvalue weighted by molar-refractivity contribution is 9.10. The van der Waals surface area contributed by atoms with Crippen LogP contribution in [0.4, 0.5) is 0 Å². The van der Waals surface area contributed by atoms with E-state index in [-0.39, 0.29) is 5.91 Å². The molecule has 1 amide bonds. The second kappa shape index (κ2) is 5.31. The van der Waals surface area contributed by atoms with Crippen molar-refractivity contribution in [2.24, 2.45) is 11.8 Å². The van der Waals surface area contributed by atoms with E-state index in [4.69, 9.17) is 4.42 Å². The van der Waals surface area contributed by atoms with Crippen LogP contribution in [0.5, 0.6) is 0 Å². The zero-order valence-electron chi connectivity index (χ0n) is 11.3. The van der Waals surface area contributed by atoms with E-state index in [2.05, 4.69) is 27.8 Å². The van der Waals surface area contributed by atoms with Gasteiger partial charge in [-0.05, 0) is 59.2 Å².